The molecule has 2 heteroatoms. The molecule has 0 aliphatic carbocycles. The zero-order valence-corrected chi connectivity index (χ0v) is 6.21. The molecule has 1 atom stereocenters. The van der Waals surface area contributed by atoms with Crippen molar-refractivity contribution in [1.29, 1.82) is 0 Å². The Morgan fingerprint density at radius 3 is 3.10 bits per heavy atom. The summed E-state index contributed by atoms with van der Waals surface area (Å²) in [5.41, 5.74) is 0. The second-order valence-electron chi connectivity index (χ2n) is 1.97. The minimum atomic E-state index is -0.287. The van der Waals surface area contributed by atoms with Gasteiger partial charge in [0.05, 0.1) is 6.26 Å². The molecule has 0 saturated carbocycles. The monoisotopic (exact) mass is 151 g/mol. The highest BCUT2D eigenvalue weighted by molar-refractivity contribution is 8.22. The molecule has 2 rings (SSSR count). The van der Waals surface area contributed by atoms with Crippen LogP contribution in [0.3, 0.4) is 0 Å². The lowest BCUT2D eigenvalue weighted by molar-refractivity contribution is 0.474. The van der Waals surface area contributed by atoms with Crippen molar-refractivity contribution in [2.24, 2.45) is 0 Å². The van der Waals surface area contributed by atoms with Gasteiger partial charge in [-0.2, -0.15) is 10.9 Å². The topological polar surface area (TPSA) is 13.1 Å². The van der Waals surface area contributed by atoms with Crippen LogP contribution in [0, 0.1) is 6.08 Å². The van der Waals surface area contributed by atoms with Gasteiger partial charge in [0.15, 0.2) is 0 Å². The summed E-state index contributed by atoms with van der Waals surface area (Å²) in [5.74, 6) is 0. The minimum absolute atomic E-state index is 0.287. The highest BCUT2D eigenvalue weighted by Gasteiger charge is 2.03. The average Bonchev–Trinajstić information content (AvgIpc) is 2.59. The van der Waals surface area contributed by atoms with Crippen molar-refractivity contribution < 1.29 is 4.42 Å². The Morgan fingerprint density at radius 2 is 2.50 bits per heavy atom. The SMILES string of the molecule is [C]1=C[SH](c2ccco2)C=C1. The second-order valence-corrected chi connectivity index (χ2v) is 3.78. The summed E-state index contributed by atoms with van der Waals surface area (Å²) in [6.45, 7) is 0. The molecule has 0 fully saturated rings. The third-order valence-electron chi connectivity index (χ3n) is 1.31. The lowest BCUT2D eigenvalue weighted by Crippen LogP contribution is -1.64. The predicted octanol–water partition coefficient (Wildman–Crippen LogP) is 2.48. The van der Waals surface area contributed by atoms with E-state index in [1.807, 2.05) is 23.6 Å². The molecule has 0 bridgehead atoms. The van der Waals surface area contributed by atoms with Crippen LogP contribution < -0.4 is 0 Å². The van der Waals surface area contributed by atoms with Crippen molar-refractivity contribution in [3.63, 3.8) is 0 Å². The molecule has 0 saturated heterocycles. The average molecular weight is 151 g/mol. The quantitative estimate of drug-likeness (QED) is 0.608. The van der Waals surface area contributed by atoms with E-state index < -0.39 is 0 Å². The van der Waals surface area contributed by atoms with Gasteiger partial charge in [-0.3, -0.25) is 0 Å². The van der Waals surface area contributed by atoms with Crippen LogP contribution >= 0.6 is 10.9 Å². The van der Waals surface area contributed by atoms with Crippen LogP contribution in [0.25, 0.3) is 0 Å². The Labute approximate surface area is 62.4 Å². The summed E-state index contributed by atoms with van der Waals surface area (Å²) in [6.07, 6.45) is 6.67. The first-order valence-corrected chi connectivity index (χ1v) is 4.53. The molecule has 0 amide bonds. The van der Waals surface area contributed by atoms with Crippen LogP contribution in [-0.4, -0.2) is 0 Å². The maximum atomic E-state index is 5.22. The molecule has 0 N–H and O–H groups in total. The van der Waals surface area contributed by atoms with Crippen molar-refractivity contribution in [1.82, 2.24) is 0 Å². The Balaban J connectivity index is 2.29. The van der Waals surface area contributed by atoms with Gasteiger partial charge in [0, 0.05) is 0 Å². The fraction of sp³-hybridized carbons (Fsp3) is 0. The molecule has 1 nitrogen and oxygen atoms in total. The first-order chi connectivity index (χ1) is 4.97. The van der Waals surface area contributed by atoms with E-state index in [9.17, 15) is 0 Å². The van der Waals surface area contributed by atoms with Crippen LogP contribution in [0.15, 0.2) is 44.8 Å². The van der Waals surface area contributed by atoms with E-state index in [0.717, 1.165) is 5.09 Å². The zero-order valence-electron chi connectivity index (χ0n) is 5.32. The van der Waals surface area contributed by atoms with Gasteiger partial charge in [-0.1, -0.05) is 0 Å². The molecule has 1 unspecified atom stereocenters. The molecule has 1 aromatic heterocycles. The zero-order chi connectivity index (χ0) is 6.81. The summed E-state index contributed by atoms with van der Waals surface area (Å²) < 4.78 is 5.22. The molecule has 2 heterocycles. The molecule has 1 aliphatic heterocycles. The van der Waals surface area contributed by atoms with Crippen LogP contribution in [0.2, 0.25) is 0 Å². The van der Waals surface area contributed by atoms with Crippen molar-refractivity contribution in [2.75, 3.05) is 0 Å². The van der Waals surface area contributed by atoms with E-state index in [-0.39, 0.29) is 10.9 Å². The third-order valence-corrected chi connectivity index (χ3v) is 2.97. The summed E-state index contributed by atoms with van der Waals surface area (Å²) in [7, 11) is -0.287. The molecule has 1 aliphatic rings. The van der Waals surface area contributed by atoms with E-state index in [2.05, 4.69) is 11.5 Å². The Morgan fingerprint density at radius 1 is 1.50 bits per heavy atom. The van der Waals surface area contributed by atoms with Crippen LogP contribution in [0.4, 0.5) is 0 Å². The molecular formula is C8H7OS. The second kappa shape index (κ2) is 2.39. The Kier molecular flexibility index (Phi) is 1.40. The van der Waals surface area contributed by atoms with Crippen LogP contribution in [0.5, 0.6) is 0 Å². The number of hydrogen-bond donors (Lipinski definition) is 1. The van der Waals surface area contributed by atoms with E-state index in [1.54, 1.807) is 6.26 Å². The Bertz CT molecular complexity index is 247. The van der Waals surface area contributed by atoms with Gasteiger partial charge < -0.3 is 4.42 Å². The molecule has 51 valence electrons. The Hall–Kier alpha value is -0.890. The smallest absolute Gasteiger partial charge is 0.147 e. The largest absolute Gasteiger partial charge is 0.459 e. The molecule has 10 heavy (non-hydrogen) atoms. The summed E-state index contributed by atoms with van der Waals surface area (Å²) >= 11 is 0. The van der Waals surface area contributed by atoms with Gasteiger partial charge >= 0.3 is 0 Å². The van der Waals surface area contributed by atoms with Gasteiger partial charge in [0.25, 0.3) is 0 Å². The fourth-order valence-electron chi connectivity index (χ4n) is 0.844. The fourth-order valence-corrected chi connectivity index (χ4v) is 2.14. The van der Waals surface area contributed by atoms with Gasteiger partial charge in [0.2, 0.25) is 0 Å². The standard InChI is InChI=1S/C8H7OS/c1-2-7-10(6-1)8-4-3-5-9-8/h1,3-7,10H. The first kappa shape index (κ1) is 5.86. The number of furan rings is 1. The highest BCUT2D eigenvalue weighted by Crippen LogP contribution is 2.41. The summed E-state index contributed by atoms with van der Waals surface area (Å²) in [6, 6.07) is 3.91. The van der Waals surface area contributed by atoms with Crippen molar-refractivity contribution in [3.8, 4) is 0 Å². The van der Waals surface area contributed by atoms with Gasteiger partial charge in [-0.25, -0.2) is 0 Å². The number of thiol groups is 1. The van der Waals surface area contributed by atoms with Crippen LogP contribution in [0.1, 0.15) is 0 Å². The van der Waals surface area contributed by atoms with Gasteiger partial charge in [-0.15, -0.1) is 0 Å². The molecule has 1 radical (unpaired) electrons. The normalized spacial score (nSPS) is 18.6. The van der Waals surface area contributed by atoms with E-state index in [1.165, 1.54) is 0 Å². The lowest BCUT2D eigenvalue weighted by atomic mass is 10.6. The van der Waals surface area contributed by atoms with E-state index in [0.29, 0.717) is 0 Å². The molecule has 1 aromatic rings. The van der Waals surface area contributed by atoms with Crippen molar-refractivity contribution in [3.05, 3.63) is 41.4 Å². The first-order valence-electron chi connectivity index (χ1n) is 3.05. The minimum Gasteiger partial charge on any atom is -0.459 e. The third kappa shape index (κ3) is 0.907. The van der Waals surface area contributed by atoms with E-state index in [4.69, 9.17) is 4.42 Å². The van der Waals surface area contributed by atoms with Gasteiger partial charge in [-0.05, 0) is 35.1 Å². The maximum absolute atomic E-state index is 5.22. The maximum Gasteiger partial charge on any atom is 0.147 e. The number of hydrogen-bond acceptors (Lipinski definition) is 1. The lowest BCUT2D eigenvalue weighted by Gasteiger charge is -2.02. The molecule has 0 spiro atoms. The molecular weight excluding hydrogens is 144 g/mol. The summed E-state index contributed by atoms with van der Waals surface area (Å²) in [5, 5.41) is 5.22. The number of rotatable bonds is 1. The summed E-state index contributed by atoms with van der Waals surface area (Å²) in [4.78, 5) is 0. The predicted molar refractivity (Wildman–Crippen MR) is 42.9 cm³/mol. The highest BCUT2D eigenvalue weighted by atomic mass is 32.2. The van der Waals surface area contributed by atoms with Crippen molar-refractivity contribution >= 4 is 10.9 Å². The number of allylic oxidation sites excluding steroid dienone is 2. The van der Waals surface area contributed by atoms with Crippen molar-refractivity contribution in [2.45, 2.75) is 5.09 Å². The van der Waals surface area contributed by atoms with Crippen LogP contribution in [-0.2, 0) is 0 Å². The van der Waals surface area contributed by atoms with E-state index >= 15 is 0 Å². The molecule has 0 aromatic carbocycles. The van der Waals surface area contributed by atoms with Gasteiger partial charge in [0.1, 0.15) is 5.09 Å².